The number of alkyl halides is 2. The van der Waals surface area contributed by atoms with E-state index in [1.54, 1.807) is 0 Å². The highest BCUT2D eigenvalue weighted by atomic mass is 35.5. The number of hydrogen-bond donors (Lipinski definition) is 0. The first-order valence-electron chi connectivity index (χ1n) is 2.95. The zero-order valence-electron chi connectivity index (χ0n) is 5.97. The van der Waals surface area contributed by atoms with Crippen LogP contribution >= 0.6 is 23.2 Å². The van der Waals surface area contributed by atoms with Crippen molar-refractivity contribution in [3.8, 4) is 0 Å². The highest BCUT2D eigenvalue weighted by Gasteiger charge is 2.07. The molecule has 0 heterocycles. The number of rotatable bonds is 4. The summed E-state index contributed by atoms with van der Waals surface area (Å²) < 4.78 is 4.49. The minimum atomic E-state index is -0.731. The van der Waals surface area contributed by atoms with Gasteiger partial charge in [-0.3, -0.25) is 9.59 Å². The van der Waals surface area contributed by atoms with Gasteiger partial charge in [-0.05, 0) is 6.92 Å². The number of hydrogen-bond acceptors (Lipinski definition) is 3. The quantitative estimate of drug-likeness (QED) is 0.389. The van der Waals surface area contributed by atoms with Crippen LogP contribution in [0.1, 0.15) is 13.3 Å². The number of ketones is 1. The lowest BCUT2D eigenvalue weighted by atomic mass is 10.3. The molecule has 0 N–H and O–H groups in total. The number of carbonyl (C=O) groups is 2. The average Bonchev–Trinajstić information content (AvgIpc) is 1.82. The largest absolute Gasteiger partial charge is 0.462 e. The molecule has 0 spiro atoms. The molecule has 64 valence electrons. The van der Waals surface area contributed by atoms with Gasteiger partial charge in [0.2, 0.25) is 0 Å². The van der Waals surface area contributed by atoms with E-state index < -0.39 is 10.8 Å². The van der Waals surface area contributed by atoms with Gasteiger partial charge in [0.15, 0.2) is 0 Å². The molecule has 3 nitrogen and oxygen atoms in total. The summed E-state index contributed by atoms with van der Waals surface area (Å²) in [5.41, 5.74) is 0. The monoisotopic (exact) mass is 198 g/mol. The Kier molecular flexibility index (Phi) is 5.24. The van der Waals surface area contributed by atoms with E-state index in [0.29, 0.717) is 0 Å². The summed E-state index contributed by atoms with van der Waals surface area (Å²) in [4.78, 5) is 20.2. The molecule has 0 radical (unpaired) electrons. The van der Waals surface area contributed by atoms with Crippen molar-refractivity contribution < 1.29 is 14.3 Å². The van der Waals surface area contributed by atoms with Gasteiger partial charge in [-0.2, -0.15) is 0 Å². The van der Waals surface area contributed by atoms with Gasteiger partial charge in [-0.25, -0.2) is 0 Å². The van der Waals surface area contributed by atoms with Crippen molar-refractivity contribution in [1.29, 1.82) is 0 Å². The molecule has 0 aliphatic rings. The van der Waals surface area contributed by atoms with Crippen LogP contribution in [0, 0.1) is 0 Å². The summed E-state index contributed by atoms with van der Waals surface area (Å²) in [5, 5.41) is 0. The maximum absolute atomic E-state index is 10.6. The molecule has 0 saturated heterocycles. The van der Waals surface area contributed by atoms with Crippen molar-refractivity contribution in [3.63, 3.8) is 0 Å². The minimum absolute atomic E-state index is 0.0742. The SMILES string of the molecule is CC(=O)CC(=O)OCC(Cl)Cl. The Bertz CT molecular complexity index is 156. The first kappa shape index (κ1) is 10.7. The summed E-state index contributed by atoms with van der Waals surface area (Å²) in [6.45, 7) is 1.23. The third-order valence-corrected chi connectivity index (χ3v) is 1.02. The van der Waals surface area contributed by atoms with Gasteiger partial charge in [0.05, 0.1) is 0 Å². The van der Waals surface area contributed by atoms with Crippen LogP contribution in [0.25, 0.3) is 0 Å². The Labute approximate surface area is 74.6 Å². The van der Waals surface area contributed by atoms with Gasteiger partial charge in [0.1, 0.15) is 23.6 Å². The van der Waals surface area contributed by atoms with Gasteiger partial charge in [0, 0.05) is 0 Å². The molecule has 0 unspecified atom stereocenters. The fourth-order valence-electron chi connectivity index (χ4n) is 0.410. The number of esters is 1. The molecule has 0 atom stereocenters. The summed E-state index contributed by atoms with van der Waals surface area (Å²) in [7, 11) is 0. The van der Waals surface area contributed by atoms with Gasteiger partial charge in [-0.1, -0.05) is 0 Å². The van der Waals surface area contributed by atoms with Crippen LogP contribution < -0.4 is 0 Å². The van der Waals surface area contributed by atoms with E-state index in [1.807, 2.05) is 0 Å². The standard InChI is InChI=1S/C6H8Cl2O3/c1-4(9)2-6(10)11-3-5(7)8/h5H,2-3H2,1H3. The van der Waals surface area contributed by atoms with E-state index in [1.165, 1.54) is 6.92 Å². The van der Waals surface area contributed by atoms with Crippen LogP contribution in [0.3, 0.4) is 0 Å². The van der Waals surface area contributed by atoms with Crippen molar-refractivity contribution in [2.45, 2.75) is 18.2 Å². The molecular weight excluding hydrogens is 191 g/mol. The molecule has 0 fully saturated rings. The topological polar surface area (TPSA) is 43.4 Å². The van der Waals surface area contributed by atoms with Crippen molar-refractivity contribution in [1.82, 2.24) is 0 Å². The van der Waals surface area contributed by atoms with E-state index in [0.717, 1.165) is 0 Å². The van der Waals surface area contributed by atoms with Gasteiger partial charge in [0.25, 0.3) is 0 Å². The first-order chi connectivity index (χ1) is 5.02. The first-order valence-corrected chi connectivity index (χ1v) is 3.83. The van der Waals surface area contributed by atoms with Crippen LogP contribution in [0.2, 0.25) is 0 Å². The number of carbonyl (C=O) groups excluding carboxylic acids is 2. The predicted octanol–water partition coefficient (Wildman–Crippen LogP) is 1.31. The molecule has 0 rings (SSSR count). The van der Waals surface area contributed by atoms with E-state index in [9.17, 15) is 9.59 Å². The summed E-state index contributed by atoms with van der Waals surface area (Å²) >= 11 is 10.5. The van der Waals surface area contributed by atoms with Crippen LogP contribution in [0.15, 0.2) is 0 Å². The second kappa shape index (κ2) is 5.38. The molecule has 11 heavy (non-hydrogen) atoms. The van der Waals surface area contributed by atoms with E-state index in [4.69, 9.17) is 23.2 Å². The maximum atomic E-state index is 10.6. The highest BCUT2D eigenvalue weighted by molar-refractivity contribution is 6.44. The lowest BCUT2D eigenvalue weighted by Gasteiger charge is -2.02. The molecule has 0 aromatic carbocycles. The van der Waals surface area contributed by atoms with E-state index in [-0.39, 0.29) is 18.8 Å². The lowest BCUT2D eigenvalue weighted by Crippen LogP contribution is -2.12. The van der Waals surface area contributed by atoms with Crippen molar-refractivity contribution >= 4 is 35.0 Å². The van der Waals surface area contributed by atoms with Gasteiger partial charge < -0.3 is 4.74 Å². The number of Topliss-reactive ketones (excluding diaryl/α,β-unsaturated/α-hetero) is 1. The molecule has 0 saturated carbocycles. The molecule has 0 amide bonds. The zero-order chi connectivity index (χ0) is 8.85. The third-order valence-electron chi connectivity index (χ3n) is 0.764. The summed E-state index contributed by atoms with van der Waals surface area (Å²) in [6.07, 6.45) is -0.222. The van der Waals surface area contributed by atoms with Gasteiger partial charge >= 0.3 is 5.97 Å². The minimum Gasteiger partial charge on any atom is -0.462 e. The van der Waals surface area contributed by atoms with Crippen molar-refractivity contribution in [2.24, 2.45) is 0 Å². The smallest absolute Gasteiger partial charge is 0.313 e. The van der Waals surface area contributed by atoms with Crippen LogP contribution in [0.4, 0.5) is 0 Å². The fourth-order valence-corrected chi connectivity index (χ4v) is 0.536. The Balaban J connectivity index is 3.46. The lowest BCUT2D eigenvalue weighted by molar-refractivity contribution is -0.145. The van der Waals surface area contributed by atoms with Gasteiger partial charge in [-0.15, -0.1) is 23.2 Å². The van der Waals surface area contributed by atoms with Crippen molar-refractivity contribution in [2.75, 3.05) is 6.61 Å². The Morgan fingerprint density at radius 2 is 2.00 bits per heavy atom. The van der Waals surface area contributed by atoms with Crippen LogP contribution in [-0.4, -0.2) is 23.2 Å². The molecule has 5 heteroatoms. The second-order valence-electron chi connectivity index (χ2n) is 1.95. The Hall–Kier alpha value is -0.280. The summed E-state index contributed by atoms with van der Waals surface area (Å²) in [5.74, 6) is -0.834. The normalized spacial score (nSPS) is 9.82. The Morgan fingerprint density at radius 3 is 2.36 bits per heavy atom. The van der Waals surface area contributed by atoms with Crippen molar-refractivity contribution in [3.05, 3.63) is 0 Å². The number of halogens is 2. The molecule has 0 aliphatic carbocycles. The fraction of sp³-hybridized carbons (Fsp3) is 0.667. The van der Waals surface area contributed by atoms with E-state index in [2.05, 4.69) is 4.74 Å². The zero-order valence-corrected chi connectivity index (χ0v) is 7.48. The maximum Gasteiger partial charge on any atom is 0.313 e. The predicted molar refractivity (Wildman–Crippen MR) is 41.8 cm³/mol. The molecule has 0 aliphatic heterocycles. The molecular formula is C6H8Cl2O3. The Morgan fingerprint density at radius 1 is 1.45 bits per heavy atom. The van der Waals surface area contributed by atoms with E-state index >= 15 is 0 Å². The average molecular weight is 199 g/mol. The molecule has 0 aromatic heterocycles. The second-order valence-corrected chi connectivity index (χ2v) is 3.23. The highest BCUT2D eigenvalue weighted by Crippen LogP contribution is 2.02. The summed E-state index contributed by atoms with van der Waals surface area (Å²) in [6, 6.07) is 0. The van der Waals surface area contributed by atoms with Crippen LogP contribution in [-0.2, 0) is 14.3 Å². The molecule has 0 bridgehead atoms. The van der Waals surface area contributed by atoms with Crippen LogP contribution in [0.5, 0.6) is 0 Å². The third kappa shape index (κ3) is 7.62. The number of ether oxygens (including phenoxy) is 1. The molecule has 0 aromatic rings.